The third-order valence-electron chi connectivity index (χ3n) is 4.34. The van der Waals surface area contributed by atoms with Crippen LogP contribution in [0.5, 0.6) is 0 Å². The molecule has 2 aromatic rings. The molecular formula is C19H14O2. The van der Waals surface area contributed by atoms with Gasteiger partial charge in [0.05, 0.1) is 0 Å². The summed E-state index contributed by atoms with van der Waals surface area (Å²) in [7, 11) is 0. The van der Waals surface area contributed by atoms with Gasteiger partial charge in [-0.15, -0.1) is 0 Å². The van der Waals surface area contributed by atoms with Crippen LogP contribution < -0.4 is 0 Å². The second-order valence-electron chi connectivity index (χ2n) is 5.84. The normalized spacial score (nSPS) is 20.7. The molecule has 2 aliphatic carbocycles. The molecule has 1 unspecified atom stereocenters. The highest BCUT2D eigenvalue weighted by Crippen LogP contribution is 2.35. The van der Waals surface area contributed by atoms with Crippen molar-refractivity contribution in [3.63, 3.8) is 0 Å². The largest absolute Gasteiger partial charge is 0.289 e. The molecule has 0 amide bonds. The number of hydrogen-bond acceptors (Lipinski definition) is 2. The predicted octanol–water partition coefficient (Wildman–Crippen LogP) is 4.11. The van der Waals surface area contributed by atoms with E-state index in [0.717, 1.165) is 10.8 Å². The summed E-state index contributed by atoms with van der Waals surface area (Å²) < 4.78 is 0. The Morgan fingerprint density at radius 2 is 1.57 bits per heavy atom. The molecule has 0 aliphatic heterocycles. The summed E-state index contributed by atoms with van der Waals surface area (Å²) in [5, 5.41) is 2.00. The molecule has 1 atom stereocenters. The molecule has 0 aromatic heterocycles. The van der Waals surface area contributed by atoms with Crippen LogP contribution in [0.15, 0.2) is 59.7 Å². The maximum atomic E-state index is 12.7. The van der Waals surface area contributed by atoms with E-state index >= 15 is 0 Å². The van der Waals surface area contributed by atoms with Gasteiger partial charge in [0.2, 0.25) is 0 Å². The van der Waals surface area contributed by atoms with E-state index in [-0.39, 0.29) is 11.6 Å². The number of ketones is 2. The Kier molecular flexibility index (Phi) is 2.49. The Morgan fingerprint density at radius 3 is 2.24 bits per heavy atom. The monoisotopic (exact) mass is 274 g/mol. The van der Waals surface area contributed by atoms with Crippen molar-refractivity contribution in [2.24, 2.45) is 5.92 Å². The maximum Gasteiger partial charge on any atom is 0.194 e. The van der Waals surface area contributed by atoms with Crippen molar-refractivity contribution in [3.05, 3.63) is 70.8 Å². The first-order valence-corrected chi connectivity index (χ1v) is 7.18. The highest BCUT2D eigenvalue weighted by atomic mass is 16.1. The van der Waals surface area contributed by atoms with Crippen molar-refractivity contribution in [2.45, 2.75) is 13.3 Å². The Balaban J connectivity index is 1.98. The highest BCUT2D eigenvalue weighted by Gasteiger charge is 2.33. The van der Waals surface area contributed by atoms with Gasteiger partial charge < -0.3 is 0 Å². The standard InChI is InChI=1S/C19H14O2/c1-11-6-7-14-15(8-11)19(21)17-10-13-5-3-2-4-12(13)9-16(17)18(14)20/h2-7,9-11H,8H2,1H3. The lowest BCUT2D eigenvalue weighted by Crippen LogP contribution is -2.24. The molecule has 0 spiro atoms. The minimum absolute atomic E-state index is 0.0153. The van der Waals surface area contributed by atoms with Crippen LogP contribution >= 0.6 is 0 Å². The molecule has 21 heavy (non-hydrogen) atoms. The van der Waals surface area contributed by atoms with Crippen LogP contribution in [0.25, 0.3) is 10.8 Å². The number of hydrogen-bond donors (Lipinski definition) is 0. The maximum absolute atomic E-state index is 12.7. The average Bonchev–Trinajstić information content (AvgIpc) is 2.51. The van der Waals surface area contributed by atoms with Gasteiger partial charge in [0.15, 0.2) is 11.6 Å². The lowest BCUT2D eigenvalue weighted by atomic mass is 9.77. The summed E-state index contributed by atoms with van der Waals surface area (Å²) in [6.07, 6.45) is 4.49. The molecule has 0 N–H and O–H groups in total. The molecule has 0 saturated heterocycles. The zero-order valence-corrected chi connectivity index (χ0v) is 11.7. The number of allylic oxidation sites excluding steroid dienone is 4. The molecule has 0 bridgehead atoms. The van der Waals surface area contributed by atoms with E-state index in [4.69, 9.17) is 0 Å². The van der Waals surface area contributed by atoms with E-state index in [2.05, 4.69) is 6.92 Å². The zero-order valence-electron chi connectivity index (χ0n) is 11.7. The van der Waals surface area contributed by atoms with E-state index < -0.39 is 0 Å². The number of carbonyl (C=O) groups excluding carboxylic acids is 2. The first-order chi connectivity index (χ1) is 10.1. The van der Waals surface area contributed by atoms with E-state index in [9.17, 15) is 9.59 Å². The van der Waals surface area contributed by atoms with Crippen LogP contribution in [-0.2, 0) is 0 Å². The van der Waals surface area contributed by atoms with Crippen LogP contribution in [0.2, 0.25) is 0 Å². The summed E-state index contributed by atoms with van der Waals surface area (Å²) >= 11 is 0. The van der Waals surface area contributed by atoms with Gasteiger partial charge in [-0.25, -0.2) is 0 Å². The van der Waals surface area contributed by atoms with Gasteiger partial charge in [-0.05, 0) is 35.2 Å². The van der Waals surface area contributed by atoms with Crippen LogP contribution in [0.3, 0.4) is 0 Å². The fraction of sp³-hybridized carbons (Fsp3) is 0.158. The third kappa shape index (κ3) is 1.72. The summed E-state index contributed by atoms with van der Waals surface area (Å²) in [5.41, 5.74) is 2.36. The van der Waals surface area contributed by atoms with Crippen LogP contribution in [-0.4, -0.2) is 11.6 Å². The molecule has 4 rings (SSSR count). The number of Topliss-reactive ketones (excluding diaryl/α,β-unsaturated/α-hetero) is 2. The van der Waals surface area contributed by atoms with E-state index in [0.29, 0.717) is 34.6 Å². The summed E-state index contributed by atoms with van der Waals surface area (Å²) in [6, 6.07) is 11.5. The highest BCUT2D eigenvalue weighted by molar-refractivity contribution is 6.29. The van der Waals surface area contributed by atoms with Crippen LogP contribution in [0.1, 0.15) is 34.1 Å². The molecule has 0 fully saturated rings. The SMILES string of the molecule is CC1C=CC2=C(C1)C(=O)c1cc3ccccc3cc1C2=O. The van der Waals surface area contributed by atoms with Crippen molar-refractivity contribution in [3.8, 4) is 0 Å². The number of fused-ring (bicyclic) bond motifs is 2. The number of rotatable bonds is 0. The summed E-state index contributed by atoms with van der Waals surface area (Å²) in [4.78, 5) is 25.4. The van der Waals surface area contributed by atoms with Gasteiger partial charge in [-0.3, -0.25) is 9.59 Å². The van der Waals surface area contributed by atoms with Crippen LogP contribution in [0.4, 0.5) is 0 Å². The molecular weight excluding hydrogens is 260 g/mol. The zero-order chi connectivity index (χ0) is 14.6. The van der Waals surface area contributed by atoms with Crippen molar-refractivity contribution >= 4 is 22.3 Å². The molecule has 2 aliphatic rings. The Labute approximate surface area is 122 Å². The minimum Gasteiger partial charge on any atom is -0.289 e. The van der Waals surface area contributed by atoms with Gasteiger partial charge in [0.1, 0.15) is 0 Å². The first kappa shape index (κ1) is 12.3. The molecule has 102 valence electrons. The third-order valence-corrected chi connectivity index (χ3v) is 4.34. The fourth-order valence-electron chi connectivity index (χ4n) is 3.21. The van der Waals surface area contributed by atoms with Crippen molar-refractivity contribution in [1.29, 1.82) is 0 Å². The lowest BCUT2D eigenvalue weighted by molar-refractivity contribution is 0.0972. The molecule has 2 nitrogen and oxygen atoms in total. The summed E-state index contributed by atoms with van der Waals surface area (Å²) in [6.45, 7) is 2.06. The van der Waals surface area contributed by atoms with Crippen molar-refractivity contribution in [2.75, 3.05) is 0 Å². The van der Waals surface area contributed by atoms with Gasteiger partial charge in [-0.2, -0.15) is 0 Å². The van der Waals surface area contributed by atoms with E-state index in [1.165, 1.54) is 0 Å². The predicted molar refractivity (Wildman–Crippen MR) is 82.6 cm³/mol. The molecule has 2 heteroatoms. The molecule has 0 heterocycles. The van der Waals surface area contributed by atoms with Gasteiger partial charge >= 0.3 is 0 Å². The topological polar surface area (TPSA) is 34.1 Å². The van der Waals surface area contributed by atoms with Crippen LogP contribution in [0, 0.1) is 5.92 Å². The average molecular weight is 274 g/mol. The first-order valence-electron chi connectivity index (χ1n) is 7.18. The van der Waals surface area contributed by atoms with Gasteiger partial charge in [-0.1, -0.05) is 43.3 Å². The Hall–Kier alpha value is -2.48. The smallest absolute Gasteiger partial charge is 0.194 e. The minimum atomic E-state index is -0.0199. The van der Waals surface area contributed by atoms with E-state index in [1.54, 1.807) is 0 Å². The second-order valence-corrected chi connectivity index (χ2v) is 5.84. The fourth-order valence-corrected chi connectivity index (χ4v) is 3.21. The van der Waals surface area contributed by atoms with Crippen molar-refractivity contribution < 1.29 is 9.59 Å². The Morgan fingerprint density at radius 1 is 0.952 bits per heavy atom. The summed E-state index contributed by atoms with van der Waals surface area (Å²) in [5.74, 6) is 0.303. The van der Waals surface area contributed by atoms with Gasteiger partial charge in [0, 0.05) is 22.3 Å². The molecule has 0 saturated carbocycles. The molecule has 2 aromatic carbocycles. The lowest BCUT2D eigenvalue weighted by Gasteiger charge is -2.24. The van der Waals surface area contributed by atoms with Gasteiger partial charge in [0.25, 0.3) is 0 Å². The molecule has 0 radical (unpaired) electrons. The number of carbonyl (C=O) groups is 2. The quantitative estimate of drug-likeness (QED) is 0.724. The number of benzene rings is 2. The Bertz CT molecular complexity index is 868. The van der Waals surface area contributed by atoms with Crippen molar-refractivity contribution in [1.82, 2.24) is 0 Å². The second kappa shape index (κ2) is 4.26. The van der Waals surface area contributed by atoms with E-state index in [1.807, 2.05) is 48.6 Å².